The second-order valence-electron chi connectivity index (χ2n) is 15.6. The first-order valence-corrected chi connectivity index (χ1v) is 24.8. The van der Waals surface area contributed by atoms with Gasteiger partial charge in [0.1, 0.15) is 13.2 Å². The summed E-state index contributed by atoms with van der Waals surface area (Å²) in [5.74, 6) is -1.03. The second kappa shape index (κ2) is 51.4. The van der Waals surface area contributed by atoms with Gasteiger partial charge in [-0.3, -0.25) is 14.4 Å². The minimum absolute atomic E-state index is 0.123. The Morgan fingerprint density at radius 3 is 0.877 bits per heavy atom. The van der Waals surface area contributed by atoms with Gasteiger partial charge < -0.3 is 14.2 Å². The predicted molar refractivity (Wildman–Crippen MR) is 278 cm³/mol. The van der Waals surface area contributed by atoms with Crippen molar-refractivity contribution in [1.29, 1.82) is 0 Å². The number of hydrogen-bond donors (Lipinski definition) is 0. The summed E-state index contributed by atoms with van der Waals surface area (Å²) in [6.07, 6.45) is 76.1. The summed E-state index contributed by atoms with van der Waals surface area (Å²) < 4.78 is 16.7. The smallest absolute Gasteiger partial charge is 0.306 e. The van der Waals surface area contributed by atoms with Crippen molar-refractivity contribution in [2.24, 2.45) is 0 Å². The molecule has 1 atom stereocenters. The largest absolute Gasteiger partial charge is 0.462 e. The molecule has 0 amide bonds. The van der Waals surface area contributed by atoms with Gasteiger partial charge in [0, 0.05) is 19.3 Å². The van der Waals surface area contributed by atoms with Gasteiger partial charge in [-0.2, -0.15) is 0 Å². The number of carbonyl (C=O) groups excluding carboxylic acids is 3. The molecule has 6 heteroatoms. The summed E-state index contributed by atoms with van der Waals surface area (Å²) in [5.41, 5.74) is 0. The standard InChI is InChI=1S/C59H86O6/c1-4-7-10-13-16-19-22-25-27-28-29-30-32-34-37-40-43-46-49-52-58(61)64-55-56(54-63-57(60)51-48-45-42-39-36-33-24-21-18-15-12-9-6-3)65-59(62)53-50-47-44-41-38-35-31-26-23-20-17-14-11-8-5-2/h7-32,34,37,56H,4-6,33,35-36,38-55H2,1-3H3/b10-7+,11-8+,12-9+,16-13+,17-14+,18-15+,22-19+,23-20+,24-21+,27-25+,29-28+,31-26+,32-30+,37-34+. The molecule has 1 unspecified atom stereocenters. The molecule has 0 saturated carbocycles. The highest BCUT2D eigenvalue weighted by molar-refractivity contribution is 5.71. The van der Waals surface area contributed by atoms with Crippen molar-refractivity contribution in [2.75, 3.05) is 13.2 Å². The normalized spacial score (nSPS) is 13.6. The Kier molecular flexibility index (Phi) is 47.3. The number of allylic oxidation sites excluding steroid dienone is 28. The SMILES string of the molecule is CC/C=C/C=C/C=C/C=C/C=C/C=C/C=C/CCCCCC(=O)OCC(COC(=O)CCCCCCC/C=C/C=C/C=C/CC)OC(=O)CCCCCCC/C=C/C=C/C=C/C=C/CC. The second-order valence-corrected chi connectivity index (χ2v) is 15.6. The minimum atomic E-state index is -0.827. The molecule has 0 rings (SSSR count). The maximum atomic E-state index is 12.8. The molecule has 0 bridgehead atoms. The van der Waals surface area contributed by atoms with Crippen LogP contribution in [0.15, 0.2) is 170 Å². The van der Waals surface area contributed by atoms with Crippen LogP contribution in [0.5, 0.6) is 0 Å². The Bertz CT molecular complexity index is 1590. The molecular formula is C59H86O6. The molecule has 65 heavy (non-hydrogen) atoms. The van der Waals surface area contributed by atoms with E-state index in [0.717, 1.165) is 116 Å². The molecule has 0 fully saturated rings. The zero-order valence-corrected chi connectivity index (χ0v) is 40.7. The van der Waals surface area contributed by atoms with E-state index in [0.29, 0.717) is 12.8 Å². The van der Waals surface area contributed by atoms with Gasteiger partial charge in [-0.05, 0) is 77.0 Å². The highest BCUT2D eigenvalue weighted by Gasteiger charge is 2.19. The maximum Gasteiger partial charge on any atom is 0.306 e. The highest BCUT2D eigenvalue weighted by atomic mass is 16.6. The fourth-order valence-electron chi connectivity index (χ4n) is 5.90. The lowest BCUT2D eigenvalue weighted by molar-refractivity contribution is -0.167. The lowest BCUT2D eigenvalue weighted by atomic mass is 10.1. The molecule has 0 aliphatic heterocycles. The fourth-order valence-corrected chi connectivity index (χ4v) is 5.90. The number of carbonyl (C=O) groups is 3. The highest BCUT2D eigenvalue weighted by Crippen LogP contribution is 2.12. The number of esters is 3. The van der Waals surface area contributed by atoms with Gasteiger partial charge in [0.2, 0.25) is 0 Å². The van der Waals surface area contributed by atoms with Crippen LogP contribution in [0.25, 0.3) is 0 Å². The zero-order chi connectivity index (χ0) is 47.2. The summed E-state index contributed by atoms with van der Waals surface area (Å²) >= 11 is 0. The maximum absolute atomic E-state index is 12.8. The van der Waals surface area contributed by atoms with E-state index in [4.69, 9.17) is 14.2 Å². The van der Waals surface area contributed by atoms with Crippen LogP contribution >= 0.6 is 0 Å². The molecule has 0 N–H and O–H groups in total. The van der Waals surface area contributed by atoms with Crippen LogP contribution in [0.1, 0.15) is 162 Å². The average molecular weight is 891 g/mol. The summed E-state index contributed by atoms with van der Waals surface area (Å²) in [6.45, 7) is 6.10. The van der Waals surface area contributed by atoms with Crippen LogP contribution in [0.2, 0.25) is 0 Å². The zero-order valence-electron chi connectivity index (χ0n) is 40.7. The molecule has 0 spiro atoms. The molecule has 0 aromatic carbocycles. The van der Waals surface area contributed by atoms with Crippen LogP contribution in [0.3, 0.4) is 0 Å². The van der Waals surface area contributed by atoms with E-state index in [9.17, 15) is 14.4 Å². The van der Waals surface area contributed by atoms with Gasteiger partial charge in [-0.15, -0.1) is 0 Å². The molecular weight excluding hydrogens is 805 g/mol. The van der Waals surface area contributed by atoms with Gasteiger partial charge in [-0.25, -0.2) is 0 Å². The third kappa shape index (κ3) is 49.6. The first-order chi connectivity index (χ1) is 32.0. The van der Waals surface area contributed by atoms with Gasteiger partial charge in [0.05, 0.1) is 0 Å². The van der Waals surface area contributed by atoms with E-state index < -0.39 is 6.10 Å². The Hall–Kier alpha value is -5.23. The van der Waals surface area contributed by atoms with E-state index in [2.05, 4.69) is 87.6 Å². The van der Waals surface area contributed by atoms with Gasteiger partial charge >= 0.3 is 17.9 Å². The Labute approximate surface area is 396 Å². The lowest BCUT2D eigenvalue weighted by Crippen LogP contribution is -2.30. The number of rotatable bonds is 41. The van der Waals surface area contributed by atoms with Crippen LogP contribution in [-0.2, 0) is 28.6 Å². The van der Waals surface area contributed by atoms with E-state index >= 15 is 0 Å². The quantitative estimate of drug-likeness (QED) is 0.0263. The third-order valence-corrected chi connectivity index (χ3v) is 9.55. The molecule has 0 aromatic rings. The van der Waals surface area contributed by atoms with Crippen molar-refractivity contribution in [3.63, 3.8) is 0 Å². The van der Waals surface area contributed by atoms with Gasteiger partial charge in [-0.1, -0.05) is 236 Å². The summed E-state index contributed by atoms with van der Waals surface area (Å²) in [4.78, 5) is 38.0. The van der Waals surface area contributed by atoms with E-state index in [-0.39, 0.29) is 44.0 Å². The predicted octanol–water partition coefficient (Wildman–Crippen LogP) is 16.4. The first-order valence-electron chi connectivity index (χ1n) is 24.8. The number of ether oxygens (including phenoxy) is 3. The van der Waals surface area contributed by atoms with Crippen molar-refractivity contribution in [3.8, 4) is 0 Å². The summed E-state index contributed by atoms with van der Waals surface area (Å²) in [5, 5.41) is 0. The number of hydrogen-bond acceptors (Lipinski definition) is 6. The van der Waals surface area contributed by atoms with Crippen molar-refractivity contribution in [3.05, 3.63) is 170 Å². The number of unbranched alkanes of at least 4 members (excludes halogenated alkanes) is 13. The minimum Gasteiger partial charge on any atom is -0.462 e. The van der Waals surface area contributed by atoms with Crippen LogP contribution in [0.4, 0.5) is 0 Å². The lowest BCUT2D eigenvalue weighted by Gasteiger charge is -2.18. The van der Waals surface area contributed by atoms with Crippen molar-refractivity contribution in [2.45, 2.75) is 168 Å². The summed E-state index contributed by atoms with van der Waals surface area (Å²) in [7, 11) is 0. The van der Waals surface area contributed by atoms with E-state index in [1.165, 1.54) is 0 Å². The molecule has 0 radical (unpaired) electrons. The van der Waals surface area contributed by atoms with E-state index in [1.807, 2.05) is 103 Å². The molecule has 0 heterocycles. The van der Waals surface area contributed by atoms with Crippen LogP contribution < -0.4 is 0 Å². The molecule has 0 aromatic heterocycles. The molecule has 0 aliphatic rings. The summed E-state index contributed by atoms with van der Waals surface area (Å²) in [6, 6.07) is 0. The first kappa shape index (κ1) is 59.8. The average Bonchev–Trinajstić information content (AvgIpc) is 3.30. The molecule has 6 nitrogen and oxygen atoms in total. The van der Waals surface area contributed by atoms with Crippen molar-refractivity contribution in [1.82, 2.24) is 0 Å². The van der Waals surface area contributed by atoms with Gasteiger partial charge in [0.25, 0.3) is 0 Å². The topological polar surface area (TPSA) is 78.9 Å². The third-order valence-electron chi connectivity index (χ3n) is 9.55. The Morgan fingerprint density at radius 1 is 0.308 bits per heavy atom. The monoisotopic (exact) mass is 891 g/mol. The van der Waals surface area contributed by atoms with Crippen molar-refractivity contribution < 1.29 is 28.6 Å². The molecule has 358 valence electrons. The Morgan fingerprint density at radius 2 is 0.554 bits per heavy atom. The Balaban J connectivity index is 4.61. The van der Waals surface area contributed by atoms with E-state index in [1.54, 1.807) is 0 Å². The van der Waals surface area contributed by atoms with Crippen molar-refractivity contribution >= 4 is 17.9 Å². The molecule has 0 saturated heterocycles. The molecule has 0 aliphatic carbocycles. The fraction of sp³-hybridized carbons (Fsp3) is 0.475. The van der Waals surface area contributed by atoms with Crippen LogP contribution in [0, 0.1) is 0 Å². The van der Waals surface area contributed by atoms with Gasteiger partial charge in [0.15, 0.2) is 6.10 Å². The van der Waals surface area contributed by atoms with Crippen LogP contribution in [-0.4, -0.2) is 37.2 Å².